The van der Waals surface area contributed by atoms with E-state index in [0.29, 0.717) is 11.8 Å². The molecule has 1 aliphatic rings. The number of piperidine rings is 1. The number of carbonyl (C=O) groups excluding carboxylic acids is 1. The number of hydrogen-bond donors (Lipinski definition) is 1. The fourth-order valence-corrected chi connectivity index (χ4v) is 3.15. The van der Waals surface area contributed by atoms with E-state index in [1.807, 2.05) is 0 Å². The lowest BCUT2D eigenvalue weighted by Gasteiger charge is -2.40. The van der Waals surface area contributed by atoms with Gasteiger partial charge in [0.05, 0.1) is 5.41 Å². The van der Waals surface area contributed by atoms with Gasteiger partial charge in [0.15, 0.2) is 0 Å². The molecule has 0 bridgehead atoms. The first kappa shape index (κ1) is 16.5. The van der Waals surface area contributed by atoms with Crippen molar-refractivity contribution in [3.05, 3.63) is 0 Å². The Hall–Kier alpha value is -0.570. The van der Waals surface area contributed by atoms with E-state index in [0.717, 1.165) is 58.3 Å². The first-order chi connectivity index (χ1) is 9.13. The van der Waals surface area contributed by atoms with Gasteiger partial charge < -0.3 is 10.2 Å². The second kappa shape index (κ2) is 7.88. The highest BCUT2D eigenvalue weighted by atomic mass is 16.2. The Balaban J connectivity index is 2.75. The predicted molar refractivity (Wildman–Crippen MR) is 81.2 cm³/mol. The molecular formula is C16H32N2O. The smallest absolute Gasteiger partial charge is 0.230 e. The molecule has 1 amide bonds. The van der Waals surface area contributed by atoms with Crippen LogP contribution in [0.15, 0.2) is 0 Å². The average Bonchev–Trinajstić information content (AvgIpc) is 2.48. The molecule has 1 rings (SSSR count). The fraction of sp³-hybridized carbons (Fsp3) is 0.938. The number of rotatable bonds is 7. The lowest BCUT2D eigenvalue weighted by molar-refractivity contribution is -0.144. The van der Waals surface area contributed by atoms with Crippen molar-refractivity contribution in [2.45, 2.75) is 59.8 Å². The summed E-state index contributed by atoms with van der Waals surface area (Å²) in [6.45, 7) is 12.4. The first-order valence-corrected chi connectivity index (χ1v) is 8.13. The van der Waals surface area contributed by atoms with Crippen LogP contribution in [-0.2, 0) is 4.79 Å². The van der Waals surface area contributed by atoms with Gasteiger partial charge in [-0.2, -0.15) is 0 Å². The highest BCUT2D eigenvalue weighted by Crippen LogP contribution is 2.32. The average molecular weight is 268 g/mol. The zero-order valence-corrected chi connectivity index (χ0v) is 13.3. The highest BCUT2D eigenvalue weighted by Gasteiger charge is 2.40. The van der Waals surface area contributed by atoms with Gasteiger partial charge in [-0.25, -0.2) is 0 Å². The molecule has 0 radical (unpaired) electrons. The van der Waals surface area contributed by atoms with Gasteiger partial charge in [-0.3, -0.25) is 4.79 Å². The standard InChI is InChI=1S/C16H32N2O/c1-5-14(6-2)12-18(8-4)15(19)16(7-3)10-9-11-17-13-16/h14,17H,5-13H2,1-4H3. The summed E-state index contributed by atoms with van der Waals surface area (Å²) in [5.74, 6) is 1.03. The van der Waals surface area contributed by atoms with Crippen LogP contribution in [0, 0.1) is 11.3 Å². The van der Waals surface area contributed by atoms with Gasteiger partial charge in [-0.1, -0.05) is 33.6 Å². The van der Waals surface area contributed by atoms with Crippen molar-refractivity contribution in [1.29, 1.82) is 0 Å². The quantitative estimate of drug-likeness (QED) is 0.769. The summed E-state index contributed by atoms with van der Waals surface area (Å²) < 4.78 is 0. The Morgan fingerprint density at radius 3 is 2.37 bits per heavy atom. The number of hydrogen-bond acceptors (Lipinski definition) is 2. The van der Waals surface area contributed by atoms with Gasteiger partial charge >= 0.3 is 0 Å². The second-order valence-electron chi connectivity index (χ2n) is 5.94. The molecule has 0 spiro atoms. The largest absolute Gasteiger partial charge is 0.342 e. The summed E-state index contributed by atoms with van der Waals surface area (Å²) in [5, 5.41) is 3.42. The molecule has 0 aromatic rings. The van der Waals surface area contributed by atoms with Crippen molar-refractivity contribution in [3.63, 3.8) is 0 Å². The van der Waals surface area contributed by atoms with Crippen LogP contribution in [0.3, 0.4) is 0 Å². The summed E-state index contributed by atoms with van der Waals surface area (Å²) in [4.78, 5) is 15.0. The van der Waals surface area contributed by atoms with Crippen molar-refractivity contribution in [1.82, 2.24) is 10.2 Å². The van der Waals surface area contributed by atoms with Gasteiger partial charge in [0, 0.05) is 19.6 Å². The summed E-state index contributed by atoms with van der Waals surface area (Å²) in [5.41, 5.74) is -0.139. The molecule has 0 aromatic heterocycles. The molecule has 1 atom stereocenters. The Labute approximate surface area is 119 Å². The Morgan fingerprint density at radius 2 is 1.95 bits per heavy atom. The summed E-state index contributed by atoms with van der Waals surface area (Å²) in [6, 6.07) is 0. The van der Waals surface area contributed by atoms with Crippen LogP contribution < -0.4 is 5.32 Å². The van der Waals surface area contributed by atoms with E-state index >= 15 is 0 Å². The van der Waals surface area contributed by atoms with Gasteiger partial charge in [0.25, 0.3) is 0 Å². The second-order valence-corrected chi connectivity index (χ2v) is 5.94. The molecule has 19 heavy (non-hydrogen) atoms. The van der Waals surface area contributed by atoms with Crippen LogP contribution in [-0.4, -0.2) is 37.0 Å². The molecule has 112 valence electrons. The van der Waals surface area contributed by atoms with Crippen molar-refractivity contribution in [2.24, 2.45) is 11.3 Å². The zero-order chi connectivity index (χ0) is 14.3. The third-order valence-corrected chi connectivity index (χ3v) is 4.90. The minimum Gasteiger partial charge on any atom is -0.342 e. The monoisotopic (exact) mass is 268 g/mol. The summed E-state index contributed by atoms with van der Waals surface area (Å²) in [6.07, 6.45) is 5.46. The third kappa shape index (κ3) is 3.95. The highest BCUT2D eigenvalue weighted by molar-refractivity contribution is 5.83. The normalized spacial score (nSPS) is 23.6. The SMILES string of the molecule is CCC(CC)CN(CC)C(=O)C1(CC)CCCNC1. The van der Waals surface area contributed by atoms with Crippen LogP contribution in [0.2, 0.25) is 0 Å². The lowest BCUT2D eigenvalue weighted by Crippen LogP contribution is -2.52. The Morgan fingerprint density at radius 1 is 1.26 bits per heavy atom. The van der Waals surface area contributed by atoms with E-state index in [-0.39, 0.29) is 5.41 Å². The van der Waals surface area contributed by atoms with E-state index < -0.39 is 0 Å². The van der Waals surface area contributed by atoms with E-state index in [4.69, 9.17) is 0 Å². The first-order valence-electron chi connectivity index (χ1n) is 8.13. The van der Waals surface area contributed by atoms with Crippen LogP contribution in [0.1, 0.15) is 59.8 Å². The zero-order valence-electron chi connectivity index (χ0n) is 13.3. The van der Waals surface area contributed by atoms with Crippen molar-refractivity contribution < 1.29 is 4.79 Å². The van der Waals surface area contributed by atoms with E-state index in [1.54, 1.807) is 0 Å². The van der Waals surface area contributed by atoms with Crippen molar-refractivity contribution in [3.8, 4) is 0 Å². The molecule has 0 aliphatic carbocycles. The van der Waals surface area contributed by atoms with Crippen LogP contribution >= 0.6 is 0 Å². The third-order valence-electron chi connectivity index (χ3n) is 4.90. The van der Waals surface area contributed by atoms with Gasteiger partial charge in [-0.15, -0.1) is 0 Å². The lowest BCUT2D eigenvalue weighted by atomic mass is 9.77. The molecule has 3 nitrogen and oxygen atoms in total. The van der Waals surface area contributed by atoms with Crippen LogP contribution in [0.25, 0.3) is 0 Å². The van der Waals surface area contributed by atoms with Gasteiger partial charge in [0.1, 0.15) is 0 Å². The molecule has 1 fully saturated rings. The van der Waals surface area contributed by atoms with E-state index in [1.165, 1.54) is 0 Å². The molecule has 0 saturated carbocycles. The molecule has 3 heteroatoms. The molecule has 1 aliphatic heterocycles. The maximum atomic E-state index is 12.9. The maximum Gasteiger partial charge on any atom is 0.230 e. The number of nitrogens with one attached hydrogen (secondary N) is 1. The Kier molecular flexibility index (Phi) is 6.84. The van der Waals surface area contributed by atoms with Crippen LogP contribution in [0.5, 0.6) is 0 Å². The molecule has 1 saturated heterocycles. The van der Waals surface area contributed by atoms with Gasteiger partial charge in [0.2, 0.25) is 5.91 Å². The molecular weight excluding hydrogens is 236 g/mol. The predicted octanol–water partition coefficient (Wildman–Crippen LogP) is 3.05. The van der Waals surface area contributed by atoms with Crippen molar-refractivity contribution in [2.75, 3.05) is 26.2 Å². The minimum absolute atomic E-state index is 0.139. The Bertz CT molecular complexity index is 268. The molecule has 0 aromatic carbocycles. The number of nitrogens with zero attached hydrogens (tertiary/aromatic N) is 1. The minimum atomic E-state index is -0.139. The molecule has 1 heterocycles. The fourth-order valence-electron chi connectivity index (χ4n) is 3.15. The number of amides is 1. The topological polar surface area (TPSA) is 32.3 Å². The molecule has 1 unspecified atom stereocenters. The van der Waals surface area contributed by atoms with E-state index in [9.17, 15) is 4.79 Å². The van der Waals surface area contributed by atoms with Crippen LogP contribution in [0.4, 0.5) is 0 Å². The maximum absolute atomic E-state index is 12.9. The van der Waals surface area contributed by atoms with Gasteiger partial charge in [-0.05, 0) is 38.6 Å². The number of carbonyl (C=O) groups is 1. The summed E-state index contributed by atoms with van der Waals surface area (Å²) in [7, 11) is 0. The van der Waals surface area contributed by atoms with Crippen molar-refractivity contribution >= 4 is 5.91 Å². The molecule has 1 N–H and O–H groups in total. The van der Waals surface area contributed by atoms with E-state index in [2.05, 4.69) is 37.9 Å². The summed E-state index contributed by atoms with van der Waals surface area (Å²) >= 11 is 0.